The smallest absolute Gasteiger partial charge is 0.116 e. The predicted octanol–water partition coefficient (Wildman–Crippen LogP) is -0.186. The largest absolute Gasteiger partial charge is 0.400 e. The van der Waals surface area contributed by atoms with Crippen LogP contribution in [0.25, 0.3) is 0 Å². The van der Waals surface area contributed by atoms with E-state index in [1.807, 2.05) is 0 Å². The minimum atomic E-state index is 0.750. The van der Waals surface area contributed by atoms with Crippen molar-refractivity contribution >= 4 is 6.29 Å². The van der Waals surface area contributed by atoms with Gasteiger partial charge in [-0.2, -0.15) is 0 Å². The lowest BCUT2D eigenvalue weighted by Gasteiger charge is -1.23. The molecule has 0 amide bonds. The molecule has 0 spiro atoms. The maximum Gasteiger partial charge on any atom is 0.116 e. The first-order chi connectivity index (χ1) is 2.41. The van der Waals surface area contributed by atoms with Crippen LogP contribution in [0.2, 0.25) is 0 Å². The first-order valence-corrected chi connectivity index (χ1v) is 1.26. The van der Waals surface area contributed by atoms with Crippen LogP contribution >= 0.6 is 0 Å². The average molecular weight is 76.1 g/mol. The minimum absolute atomic E-state index is 0.750. The van der Waals surface area contributed by atoms with Crippen LogP contribution in [0.5, 0.6) is 0 Å². The summed E-state index contributed by atoms with van der Waals surface area (Å²) in [5.74, 6) is 0. The molecule has 0 fully saturated rings. The highest BCUT2D eigenvalue weighted by Gasteiger charge is 1.24. The molecule has 0 atom stereocenters. The van der Waals surface area contributed by atoms with Gasteiger partial charge in [0.05, 0.1) is 0 Å². The Balaban J connectivity index is 0. The van der Waals surface area contributed by atoms with E-state index in [4.69, 9.17) is 9.90 Å². The zero-order valence-corrected chi connectivity index (χ0v) is 3.43. The van der Waals surface area contributed by atoms with Crippen molar-refractivity contribution in [3.05, 3.63) is 0 Å². The van der Waals surface area contributed by atoms with Gasteiger partial charge in [-0.25, -0.2) is 0 Å². The number of carbonyl (C=O) groups is 1. The van der Waals surface area contributed by atoms with Crippen LogP contribution in [-0.4, -0.2) is 18.5 Å². The number of aldehydes is 1. The highest BCUT2D eigenvalue weighted by Crippen LogP contribution is 1.13. The van der Waals surface area contributed by atoms with E-state index in [1.165, 1.54) is 6.92 Å². The molecule has 0 aliphatic heterocycles. The van der Waals surface area contributed by atoms with E-state index in [0.717, 1.165) is 13.4 Å². The summed E-state index contributed by atoms with van der Waals surface area (Å²) >= 11 is 0. The van der Waals surface area contributed by atoms with E-state index < -0.39 is 0 Å². The van der Waals surface area contributed by atoms with Crippen molar-refractivity contribution < 1.29 is 9.90 Å². The average Bonchev–Trinajstić information content (AvgIpc) is 1.46. The van der Waals surface area contributed by atoms with E-state index in [9.17, 15) is 0 Å². The Labute approximate surface area is 31.4 Å². The Morgan fingerprint density at radius 3 is 1.60 bits per heavy atom. The summed E-state index contributed by atoms with van der Waals surface area (Å²) in [6.07, 6.45) is 0.750. The lowest BCUT2D eigenvalue weighted by molar-refractivity contribution is -0.106. The third-order valence-corrected chi connectivity index (χ3v) is 0. The van der Waals surface area contributed by atoms with Gasteiger partial charge < -0.3 is 9.90 Å². The van der Waals surface area contributed by atoms with E-state index in [1.54, 1.807) is 0 Å². The lowest BCUT2D eigenvalue weighted by atomic mass is 11.0. The highest BCUT2D eigenvalue weighted by atomic mass is 16.2. The number of hydrogen-bond donors (Lipinski definition) is 1. The third-order valence-electron chi connectivity index (χ3n) is 0. The molecule has 5 heavy (non-hydrogen) atoms. The molecule has 2 nitrogen and oxygen atoms in total. The fraction of sp³-hybridized carbons (Fsp3) is 0.667. The molecule has 2 heteroatoms. The summed E-state index contributed by atoms with van der Waals surface area (Å²) in [4.78, 5) is 8.81. The van der Waals surface area contributed by atoms with E-state index in [0.29, 0.717) is 0 Å². The lowest BCUT2D eigenvalue weighted by Crippen LogP contribution is -1.36. The Bertz CT molecular complexity index is 12.4. The van der Waals surface area contributed by atoms with Crippen molar-refractivity contribution in [2.24, 2.45) is 0 Å². The third kappa shape index (κ3) is 70.4. The number of aliphatic hydroxyl groups is 1. The quantitative estimate of drug-likeness (QED) is 0.406. The fourth-order valence-electron chi connectivity index (χ4n) is 0. The number of rotatable bonds is 0. The van der Waals surface area contributed by atoms with Gasteiger partial charge in [-0.3, -0.25) is 0 Å². The molecular weight excluding hydrogens is 68.0 g/mol. The summed E-state index contributed by atoms with van der Waals surface area (Å²) in [7, 11) is 1.00. The number of aliphatic hydroxyl groups excluding tert-OH is 1. The molecule has 0 aliphatic carbocycles. The molecule has 0 aromatic rings. The first-order valence-electron chi connectivity index (χ1n) is 1.26. The van der Waals surface area contributed by atoms with Crippen molar-refractivity contribution in [2.45, 2.75) is 6.92 Å². The second-order valence-corrected chi connectivity index (χ2v) is 0.236. The van der Waals surface area contributed by atoms with Crippen molar-refractivity contribution in [1.82, 2.24) is 0 Å². The topological polar surface area (TPSA) is 37.3 Å². The molecule has 0 aromatic carbocycles. The normalized spacial score (nSPS) is 3.80. The van der Waals surface area contributed by atoms with Gasteiger partial charge in [0.1, 0.15) is 6.29 Å². The fourth-order valence-corrected chi connectivity index (χ4v) is 0. The summed E-state index contributed by atoms with van der Waals surface area (Å²) in [5.41, 5.74) is 0. The predicted molar refractivity (Wildman–Crippen MR) is 19.9 cm³/mol. The molecule has 32 valence electrons. The van der Waals surface area contributed by atoms with Gasteiger partial charge in [-0.15, -0.1) is 0 Å². The van der Waals surface area contributed by atoms with Crippen LogP contribution in [0.1, 0.15) is 6.92 Å². The Morgan fingerprint density at radius 1 is 1.60 bits per heavy atom. The molecular formula is C3H8O2. The van der Waals surface area contributed by atoms with Crippen molar-refractivity contribution in [3.63, 3.8) is 0 Å². The molecule has 1 N–H and O–H groups in total. The van der Waals surface area contributed by atoms with Gasteiger partial charge in [0.25, 0.3) is 0 Å². The minimum Gasteiger partial charge on any atom is -0.400 e. The molecule has 0 saturated carbocycles. The molecule has 0 heterocycles. The first kappa shape index (κ1) is 8.82. The highest BCUT2D eigenvalue weighted by molar-refractivity contribution is 5.44. The Kier molecular flexibility index (Phi) is 112. The van der Waals surface area contributed by atoms with Gasteiger partial charge in [-0.1, -0.05) is 0 Å². The van der Waals surface area contributed by atoms with Gasteiger partial charge in [0.2, 0.25) is 0 Å². The second kappa shape index (κ2) is 63.3. The Hall–Kier alpha value is -0.370. The van der Waals surface area contributed by atoms with Gasteiger partial charge in [-0.05, 0) is 6.92 Å². The molecule has 0 aromatic heterocycles. The van der Waals surface area contributed by atoms with Gasteiger partial charge in [0, 0.05) is 7.11 Å². The zero-order chi connectivity index (χ0) is 4.71. The van der Waals surface area contributed by atoms with Crippen LogP contribution in [0.3, 0.4) is 0 Å². The molecule has 0 unspecified atom stereocenters. The van der Waals surface area contributed by atoms with Gasteiger partial charge >= 0.3 is 0 Å². The number of hydrogen-bond acceptors (Lipinski definition) is 2. The Morgan fingerprint density at radius 2 is 1.60 bits per heavy atom. The van der Waals surface area contributed by atoms with Crippen LogP contribution < -0.4 is 0 Å². The summed E-state index contributed by atoms with van der Waals surface area (Å²) < 4.78 is 0. The summed E-state index contributed by atoms with van der Waals surface area (Å²) in [6, 6.07) is 0. The molecule has 0 rings (SSSR count). The van der Waals surface area contributed by atoms with Crippen LogP contribution in [0.15, 0.2) is 0 Å². The second-order valence-electron chi connectivity index (χ2n) is 0.236. The van der Waals surface area contributed by atoms with Crippen molar-refractivity contribution in [1.29, 1.82) is 0 Å². The maximum absolute atomic E-state index is 8.81. The maximum atomic E-state index is 8.81. The van der Waals surface area contributed by atoms with Crippen molar-refractivity contribution in [2.75, 3.05) is 7.11 Å². The molecule has 0 saturated heterocycles. The van der Waals surface area contributed by atoms with E-state index in [2.05, 4.69) is 0 Å². The van der Waals surface area contributed by atoms with E-state index >= 15 is 0 Å². The van der Waals surface area contributed by atoms with Crippen LogP contribution in [-0.2, 0) is 4.79 Å². The molecule has 0 radical (unpaired) electrons. The zero-order valence-electron chi connectivity index (χ0n) is 3.43. The summed E-state index contributed by atoms with van der Waals surface area (Å²) in [5, 5.41) is 7.00. The SMILES string of the molecule is CC=O.CO. The monoisotopic (exact) mass is 76.1 g/mol. The van der Waals surface area contributed by atoms with E-state index in [-0.39, 0.29) is 0 Å². The van der Waals surface area contributed by atoms with Crippen molar-refractivity contribution in [3.8, 4) is 0 Å². The molecule has 0 aliphatic rings. The van der Waals surface area contributed by atoms with Crippen LogP contribution in [0, 0.1) is 0 Å². The summed E-state index contributed by atoms with van der Waals surface area (Å²) in [6.45, 7) is 1.44. The molecule has 0 bridgehead atoms. The van der Waals surface area contributed by atoms with Gasteiger partial charge in [0.15, 0.2) is 0 Å². The van der Waals surface area contributed by atoms with Crippen LogP contribution in [0.4, 0.5) is 0 Å². The standard InChI is InChI=1S/C2H4O.CH4O/c1-2-3;1-2/h2H,1H3;2H,1H3. The number of carbonyl (C=O) groups excluding carboxylic acids is 1.